The summed E-state index contributed by atoms with van der Waals surface area (Å²) in [5, 5.41) is 0. The van der Waals surface area contributed by atoms with Gasteiger partial charge in [0.1, 0.15) is 18.1 Å². The molecule has 3 rings (SSSR count). The highest BCUT2D eigenvalue weighted by Crippen LogP contribution is 2.35. The first-order valence-corrected chi connectivity index (χ1v) is 9.73. The third-order valence-electron chi connectivity index (χ3n) is 4.77. The van der Waals surface area contributed by atoms with Crippen molar-refractivity contribution in [3.8, 4) is 22.6 Å². The van der Waals surface area contributed by atoms with Crippen LogP contribution in [-0.4, -0.2) is 12.6 Å². The molecule has 162 valence electrons. The van der Waals surface area contributed by atoms with Crippen LogP contribution in [0.3, 0.4) is 0 Å². The van der Waals surface area contributed by atoms with Gasteiger partial charge in [-0.1, -0.05) is 69.3 Å². The molecule has 0 radical (unpaired) electrons. The molecular formula is C25H23F3O3. The Kier molecular flexibility index (Phi) is 6.39. The number of halogens is 3. The van der Waals surface area contributed by atoms with Crippen molar-refractivity contribution in [3.63, 3.8) is 0 Å². The molecule has 31 heavy (non-hydrogen) atoms. The topological polar surface area (TPSA) is 35.5 Å². The third kappa shape index (κ3) is 5.87. The first-order valence-electron chi connectivity index (χ1n) is 9.73. The Labute approximate surface area is 179 Å². The SMILES string of the molecule is CC(C)(C)c1ccc(COc2c(C=O)cccc2-c2ccc(OC(F)(F)F)cc2)cc1. The molecule has 0 unspecified atom stereocenters. The highest BCUT2D eigenvalue weighted by Gasteiger charge is 2.31. The van der Waals surface area contributed by atoms with Crippen LogP contribution in [-0.2, 0) is 12.0 Å². The number of ether oxygens (including phenoxy) is 2. The van der Waals surface area contributed by atoms with Crippen molar-refractivity contribution in [2.75, 3.05) is 0 Å². The lowest BCUT2D eigenvalue weighted by Gasteiger charge is -2.19. The van der Waals surface area contributed by atoms with Gasteiger partial charge in [0.15, 0.2) is 6.29 Å². The lowest BCUT2D eigenvalue weighted by atomic mass is 9.87. The van der Waals surface area contributed by atoms with Gasteiger partial charge in [0.2, 0.25) is 0 Å². The van der Waals surface area contributed by atoms with E-state index in [-0.39, 0.29) is 17.8 Å². The van der Waals surface area contributed by atoms with E-state index in [1.54, 1.807) is 18.2 Å². The van der Waals surface area contributed by atoms with Crippen LogP contribution in [0.2, 0.25) is 0 Å². The molecule has 0 heterocycles. The Balaban J connectivity index is 1.85. The fourth-order valence-electron chi connectivity index (χ4n) is 3.13. The Morgan fingerprint density at radius 2 is 1.52 bits per heavy atom. The van der Waals surface area contributed by atoms with Crippen LogP contribution >= 0.6 is 0 Å². The number of benzene rings is 3. The van der Waals surface area contributed by atoms with E-state index in [0.717, 1.165) is 5.56 Å². The monoisotopic (exact) mass is 428 g/mol. The van der Waals surface area contributed by atoms with Gasteiger partial charge in [0.25, 0.3) is 0 Å². The molecule has 0 aliphatic rings. The van der Waals surface area contributed by atoms with Crippen molar-refractivity contribution >= 4 is 6.29 Å². The molecule has 6 heteroatoms. The highest BCUT2D eigenvalue weighted by atomic mass is 19.4. The maximum absolute atomic E-state index is 12.4. The van der Waals surface area contributed by atoms with E-state index in [1.807, 2.05) is 24.3 Å². The summed E-state index contributed by atoms with van der Waals surface area (Å²) in [6.07, 6.45) is -4.06. The van der Waals surface area contributed by atoms with Crippen molar-refractivity contribution in [2.24, 2.45) is 0 Å². The average Bonchev–Trinajstić information content (AvgIpc) is 2.71. The van der Waals surface area contributed by atoms with Gasteiger partial charge < -0.3 is 9.47 Å². The molecule has 3 aromatic rings. The summed E-state index contributed by atoms with van der Waals surface area (Å²) in [4.78, 5) is 11.6. The van der Waals surface area contributed by atoms with Crippen LogP contribution in [0.4, 0.5) is 13.2 Å². The van der Waals surface area contributed by atoms with E-state index in [0.29, 0.717) is 28.7 Å². The molecule has 0 N–H and O–H groups in total. The number of hydrogen-bond acceptors (Lipinski definition) is 3. The molecule has 0 aliphatic carbocycles. The van der Waals surface area contributed by atoms with E-state index in [1.165, 1.54) is 29.8 Å². The van der Waals surface area contributed by atoms with E-state index < -0.39 is 6.36 Å². The zero-order valence-corrected chi connectivity index (χ0v) is 17.5. The number of carbonyl (C=O) groups is 1. The summed E-state index contributed by atoms with van der Waals surface area (Å²) >= 11 is 0. The van der Waals surface area contributed by atoms with Crippen LogP contribution in [0.15, 0.2) is 66.7 Å². The fraction of sp³-hybridized carbons (Fsp3) is 0.240. The normalized spacial score (nSPS) is 11.8. The van der Waals surface area contributed by atoms with Crippen molar-refractivity contribution in [1.29, 1.82) is 0 Å². The molecule has 0 amide bonds. The van der Waals surface area contributed by atoms with Gasteiger partial charge in [0, 0.05) is 5.56 Å². The average molecular weight is 428 g/mol. The van der Waals surface area contributed by atoms with Crippen LogP contribution in [0.25, 0.3) is 11.1 Å². The molecule has 0 fully saturated rings. The number of rotatable bonds is 6. The van der Waals surface area contributed by atoms with Gasteiger partial charge >= 0.3 is 6.36 Å². The molecule has 0 spiro atoms. The zero-order chi connectivity index (χ0) is 22.6. The second-order valence-corrected chi connectivity index (χ2v) is 8.15. The molecule has 0 aliphatic heterocycles. The van der Waals surface area contributed by atoms with Crippen molar-refractivity contribution in [2.45, 2.75) is 39.2 Å². The summed E-state index contributed by atoms with van der Waals surface area (Å²) in [7, 11) is 0. The Morgan fingerprint density at radius 3 is 2.06 bits per heavy atom. The Morgan fingerprint density at radius 1 is 0.871 bits per heavy atom. The second kappa shape index (κ2) is 8.84. The molecular weight excluding hydrogens is 405 g/mol. The predicted octanol–water partition coefficient (Wildman–Crippen LogP) is 6.94. The third-order valence-corrected chi connectivity index (χ3v) is 4.77. The van der Waals surface area contributed by atoms with E-state index >= 15 is 0 Å². The zero-order valence-electron chi connectivity index (χ0n) is 17.5. The lowest BCUT2D eigenvalue weighted by Crippen LogP contribution is -2.16. The van der Waals surface area contributed by atoms with E-state index in [4.69, 9.17) is 4.74 Å². The van der Waals surface area contributed by atoms with Crippen molar-refractivity contribution in [3.05, 3.63) is 83.4 Å². The number of carbonyl (C=O) groups excluding carboxylic acids is 1. The highest BCUT2D eigenvalue weighted by molar-refractivity contribution is 5.86. The summed E-state index contributed by atoms with van der Waals surface area (Å²) in [5.74, 6) is 0.0612. The van der Waals surface area contributed by atoms with Gasteiger partial charge in [-0.05, 0) is 40.3 Å². The van der Waals surface area contributed by atoms with Gasteiger partial charge in [-0.25, -0.2) is 0 Å². The van der Waals surface area contributed by atoms with E-state index in [9.17, 15) is 18.0 Å². The first kappa shape index (κ1) is 22.4. The summed E-state index contributed by atoms with van der Waals surface area (Å²) in [5.41, 5.74) is 3.75. The van der Waals surface area contributed by atoms with Gasteiger partial charge in [-0.3, -0.25) is 4.79 Å². The predicted molar refractivity (Wildman–Crippen MR) is 113 cm³/mol. The molecule has 0 bridgehead atoms. The van der Waals surface area contributed by atoms with Gasteiger partial charge in [-0.15, -0.1) is 13.2 Å². The smallest absolute Gasteiger partial charge is 0.488 e. The Hall–Kier alpha value is -3.28. The number of hydrogen-bond donors (Lipinski definition) is 0. The summed E-state index contributed by atoms with van der Waals surface area (Å²) < 4.78 is 47.1. The number of aldehydes is 1. The first-order chi connectivity index (χ1) is 14.6. The quantitative estimate of drug-likeness (QED) is 0.399. The van der Waals surface area contributed by atoms with E-state index in [2.05, 4.69) is 25.5 Å². The maximum Gasteiger partial charge on any atom is 0.573 e. The fourth-order valence-corrected chi connectivity index (χ4v) is 3.13. The number of para-hydroxylation sites is 1. The van der Waals surface area contributed by atoms with Crippen molar-refractivity contribution in [1.82, 2.24) is 0 Å². The molecule has 3 aromatic carbocycles. The lowest BCUT2D eigenvalue weighted by molar-refractivity contribution is -0.274. The van der Waals surface area contributed by atoms with Crippen LogP contribution in [0.1, 0.15) is 42.3 Å². The van der Waals surface area contributed by atoms with Crippen molar-refractivity contribution < 1.29 is 27.4 Å². The van der Waals surface area contributed by atoms with Gasteiger partial charge in [-0.2, -0.15) is 0 Å². The summed E-state index contributed by atoms with van der Waals surface area (Å²) in [6.45, 7) is 6.65. The largest absolute Gasteiger partial charge is 0.573 e. The Bertz CT molecular complexity index is 1030. The van der Waals surface area contributed by atoms with Crippen LogP contribution < -0.4 is 9.47 Å². The standard InChI is InChI=1S/C25H23F3O3/c1-24(2,3)20-11-7-17(8-12-20)16-30-23-19(15-29)5-4-6-22(23)18-9-13-21(14-10-18)31-25(26,27)28/h4-15H,16H2,1-3H3. The maximum atomic E-state index is 12.4. The minimum atomic E-state index is -4.75. The molecule has 3 nitrogen and oxygen atoms in total. The molecule has 0 atom stereocenters. The number of alkyl halides is 3. The second-order valence-electron chi connectivity index (χ2n) is 8.15. The minimum absolute atomic E-state index is 0.0403. The molecule has 0 saturated carbocycles. The minimum Gasteiger partial charge on any atom is -0.488 e. The summed E-state index contributed by atoms with van der Waals surface area (Å²) in [6, 6.07) is 18.6. The molecule has 0 aromatic heterocycles. The van der Waals surface area contributed by atoms with Gasteiger partial charge in [0.05, 0.1) is 5.56 Å². The van der Waals surface area contributed by atoms with Crippen LogP contribution in [0.5, 0.6) is 11.5 Å². The van der Waals surface area contributed by atoms with Crippen LogP contribution in [0, 0.1) is 0 Å². The molecule has 0 saturated heterocycles.